The monoisotopic (exact) mass is 449 g/mol. The topological polar surface area (TPSA) is 29.8 Å². The predicted octanol–water partition coefficient (Wildman–Crippen LogP) is 5.24. The average Bonchev–Trinajstić information content (AvgIpc) is 3.43. The van der Waals surface area contributed by atoms with Gasteiger partial charge in [0.25, 0.3) is 0 Å². The first kappa shape index (κ1) is 23.6. The lowest BCUT2D eigenvalue weighted by molar-refractivity contribution is 0.305. The standard InChI is InChI=1S/C29H32BN3O/c1-22-20-25(31-29(22)26(17-19-32(2)3)27-13-9-18-33(27)30)16-15-24-12-7-8-14-28(24)34-21-23-10-5-4-6-11-23/h4-16,18,20H,17,19,21,30H2,1-3H3/b16-15+,29-26-. The van der Waals surface area contributed by atoms with Gasteiger partial charge in [0.1, 0.15) is 12.4 Å². The summed E-state index contributed by atoms with van der Waals surface area (Å²) < 4.78 is 8.29. The Hall–Kier alpha value is -3.57. The van der Waals surface area contributed by atoms with E-state index in [9.17, 15) is 0 Å². The molecule has 34 heavy (non-hydrogen) atoms. The molecule has 172 valence electrons. The predicted molar refractivity (Wildman–Crippen MR) is 146 cm³/mol. The third-order valence-electron chi connectivity index (χ3n) is 5.92. The summed E-state index contributed by atoms with van der Waals surface area (Å²) in [6.45, 7) is 3.67. The maximum Gasteiger partial charge on any atom is 0.223 e. The number of nitrogens with zero attached hydrogens (tertiary/aromatic N) is 3. The molecule has 4 rings (SSSR count). The Balaban J connectivity index is 1.58. The van der Waals surface area contributed by atoms with Gasteiger partial charge >= 0.3 is 0 Å². The van der Waals surface area contributed by atoms with E-state index in [1.165, 1.54) is 16.8 Å². The normalized spacial score (nSPS) is 15.1. The third-order valence-corrected chi connectivity index (χ3v) is 5.92. The number of hydrogen-bond donors (Lipinski definition) is 0. The second kappa shape index (κ2) is 11.0. The zero-order chi connectivity index (χ0) is 23.9. The van der Waals surface area contributed by atoms with Crippen LogP contribution in [-0.4, -0.2) is 43.7 Å². The maximum atomic E-state index is 6.11. The van der Waals surface area contributed by atoms with Gasteiger partial charge in [-0.15, -0.1) is 0 Å². The van der Waals surface area contributed by atoms with Crippen LogP contribution in [0.4, 0.5) is 0 Å². The lowest BCUT2D eigenvalue weighted by Gasteiger charge is -2.16. The number of allylic oxidation sites excluding steroid dienone is 3. The summed E-state index contributed by atoms with van der Waals surface area (Å²) in [4.78, 5) is 7.24. The van der Waals surface area contributed by atoms with Gasteiger partial charge in [0.05, 0.1) is 11.4 Å². The first-order chi connectivity index (χ1) is 16.5. The van der Waals surface area contributed by atoms with Gasteiger partial charge in [0, 0.05) is 23.4 Å². The van der Waals surface area contributed by atoms with Crippen LogP contribution in [0.15, 0.2) is 101 Å². The number of para-hydroxylation sites is 1. The Kier molecular flexibility index (Phi) is 7.66. The summed E-state index contributed by atoms with van der Waals surface area (Å²) in [5.74, 6) is 0.869. The Morgan fingerprint density at radius 1 is 1.00 bits per heavy atom. The molecule has 5 heteroatoms. The first-order valence-corrected chi connectivity index (χ1v) is 11.7. The molecule has 0 fully saturated rings. The lowest BCUT2D eigenvalue weighted by atomic mass is 10.0. The second-order valence-electron chi connectivity index (χ2n) is 8.89. The number of rotatable bonds is 9. The van der Waals surface area contributed by atoms with Gasteiger partial charge in [0.15, 0.2) is 0 Å². The van der Waals surface area contributed by atoms with Crippen molar-refractivity contribution in [3.05, 3.63) is 113 Å². The molecule has 0 spiro atoms. The van der Waals surface area contributed by atoms with E-state index in [1.807, 2.05) is 36.4 Å². The molecule has 0 unspecified atom stereocenters. The molecule has 0 amide bonds. The highest BCUT2D eigenvalue weighted by atomic mass is 16.5. The molecule has 0 aliphatic carbocycles. The molecule has 2 aromatic carbocycles. The van der Waals surface area contributed by atoms with E-state index in [1.54, 1.807) is 0 Å². The van der Waals surface area contributed by atoms with E-state index < -0.39 is 0 Å². The molecule has 0 radical (unpaired) electrons. The van der Waals surface area contributed by atoms with Gasteiger partial charge < -0.3 is 14.1 Å². The molecular formula is C29H32BN3O. The zero-order valence-electron chi connectivity index (χ0n) is 20.5. The Bertz CT molecular complexity index is 1250. The minimum Gasteiger partial charge on any atom is -0.488 e. The van der Waals surface area contributed by atoms with Crippen LogP contribution in [0.5, 0.6) is 5.75 Å². The molecule has 3 aromatic rings. The largest absolute Gasteiger partial charge is 0.488 e. The van der Waals surface area contributed by atoms with E-state index in [2.05, 4.69) is 93.1 Å². The van der Waals surface area contributed by atoms with Crippen molar-refractivity contribution >= 4 is 25.3 Å². The summed E-state index contributed by atoms with van der Waals surface area (Å²) >= 11 is 0. The Morgan fingerprint density at radius 2 is 1.76 bits per heavy atom. The molecule has 0 saturated carbocycles. The quantitative estimate of drug-likeness (QED) is 0.418. The summed E-state index contributed by atoms with van der Waals surface area (Å²) in [7, 11) is 6.31. The summed E-state index contributed by atoms with van der Waals surface area (Å²) in [6, 6.07) is 22.6. The van der Waals surface area contributed by atoms with Crippen molar-refractivity contribution in [1.29, 1.82) is 0 Å². The molecule has 2 heterocycles. The van der Waals surface area contributed by atoms with Crippen LogP contribution in [0.2, 0.25) is 0 Å². The molecule has 1 aromatic heterocycles. The minimum absolute atomic E-state index is 0.546. The van der Waals surface area contributed by atoms with E-state index >= 15 is 0 Å². The van der Waals surface area contributed by atoms with Gasteiger partial charge in [-0.3, -0.25) is 0 Å². The Labute approximate surface area is 204 Å². The first-order valence-electron chi connectivity index (χ1n) is 11.7. The van der Waals surface area contributed by atoms with Crippen LogP contribution in [0, 0.1) is 0 Å². The zero-order valence-corrected chi connectivity index (χ0v) is 20.5. The van der Waals surface area contributed by atoms with E-state index in [0.29, 0.717) is 6.61 Å². The summed E-state index contributed by atoms with van der Waals surface area (Å²) in [5.41, 5.74) is 7.94. The smallest absolute Gasteiger partial charge is 0.223 e. The van der Waals surface area contributed by atoms with Crippen LogP contribution < -0.4 is 4.74 Å². The number of hydrogen-bond acceptors (Lipinski definition) is 3. The summed E-state index contributed by atoms with van der Waals surface area (Å²) in [5, 5.41) is 0. The van der Waals surface area contributed by atoms with Gasteiger partial charge in [0.2, 0.25) is 7.98 Å². The van der Waals surface area contributed by atoms with E-state index in [0.717, 1.165) is 41.3 Å². The van der Waals surface area contributed by atoms with Crippen molar-refractivity contribution in [3.63, 3.8) is 0 Å². The van der Waals surface area contributed by atoms with Crippen molar-refractivity contribution in [1.82, 2.24) is 9.38 Å². The molecule has 1 aliphatic rings. The highest BCUT2D eigenvalue weighted by Crippen LogP contribution is 2.31. The van der Waals surface area contributed by atoms with Crippen molar-refractivity contribution < 1.29 is 4.74 Å². The molecule has 0 N–H and O–H groups in total. The second-order valence-corrected chi connectivity index (χ2v) is 8.89. The maximum absolute atomic E-state index is 6.11. The fraction of sp³-hybridized carbons (Fsp3) is 0.207. The van der Waals surface area contributed by atoms with Crippen molar-refractivity contribution in [2.45, 2.75) is 20.0 Å². The molecule has 0 bridgehead atoms. The van der Waals surface area contributed by atoms with Gasteiger partial charge in [-0.05, 0) is 81.2 Å². The van der Waals surface area contributed by atoms with Crippen LogP contribution in [0.3, 0.4) is 0 Å². The SMILES string of the molecule is Bn1cccc1/C(CCN(C)C)=C1N=C(/C=C/c2ccccc2OCc2ccccc2)C=C\1C. The third kappa shape index (κ3) is 5.86. The lowest BCUT2D eigenvalue weighted by Crippen LogP contribution is -2.14. The van der Waals surface area contributed by atoms with Crippen molar-refractivity contribution in [2.24, 2.45) is 4.99 Å². The molecular weight excluding hydrogens is 417 g/mol. The summed E-state index contributed by atoms with van der Waals surface area (Å²) in [6.07, 6.45) is 9.38. The molecule has 0 saturated heterocycles. The molecule has 1 aliphatic heterocycles. The van der Waals surface area contributed by atoms with Crippen LogP contribution in [0.1, 0.15) is 30.2 Å². The van der Waals surface area contributed by atoms with Gasteiger partial charge in [-0.25, -0.2) is 4.99 Å². The van der Waals surface area contributed by atoms with Crippen LogP contribution in [-0.2, 0) is 6.61 Å². The molecule has 4 nitrogen and oxygen atoms in total. The van der Waals surface area contributed by atoms with E-state index in [4.69, 9.17) is 9.73 Å². The highest BCUT2D eigenvalue weighted by Gasteiger charge is 2.17. The number of ether oxygens (including phenoxy) is 1. The minimum atomic E-state index is 0.546. The average molecular weight is 449 g/mol. The highest BCUT2D eigenvalue weighted by molar-refractivity contribution is 6.11. The van der Waals surface area contributed by atoms with Gasteiger partial charge in [-0.2, -0.15) is 0 Å². The van der Waals surface area contributed by atoms with E-state index in [-0.39, 0.29) is 0 Å². The number of benzene rings is 2. The van der Waals surface area contributed by atoms with Gasteiger partial charge in [-0.1, -0.05) is 48.5 Å². The number of aliphatic imine (C=N–C) groups is 1. The van der Waals surface area contributed by atoms with Crippen molar-refractivity contribution in [2.75, 3.05) is 20.6 Å². The van der Waals surface area contributed by atoms with Crippen LogP contribution >= 0.6 is 0 Å². The Morgan fingerprint density at radius 3 is 2.50 bits per heavy atom. The number of aromatic nitrogens is 1. The van der Waals surface area contributed by atoms with Crippen LogP contribution in [0.25, 0.3) is 11.6 Å². The molecule has 0 atom stereocenters. The fourth-order valence-corrected chi connectivity index (χ4v) is 4.07. The van der Waals surface area contributed by atoms with Crippen molar-refractivity contribution in [3.8, 4) is 5.75 Å². The fourth-order valence-electron chi connectivity index (χ4n) is 4.07.